The lowest BCUT2D eigenvalue weighted by Gasteiger charge is -2.36. The van der Waals surface area contributed by atoms with Crippen LogP contribution in [0.1, 0.15) is 29.5 Å². The van der Waals surface area contributed by atoms with Gasteiger partial charge in [0.2, 0.25) is 0 Å². The topological polar surface area (TPSA) is 97.2 Å². The quantitative estimate of drug-likeness (QED) is 0.343. The van der Waals surface area contributed by atoms with Crippen molar-refractivity contribution in [2.45, 2.75) is 24.5 Å². The van der Waals surface area contributed by atoms with Crippen molar-refractivity contribution in [3.05, 3.63) is 95.6 Å². The summed E-state index contributed by atoms with van der Waals surface area (Å²) in [5.41, 5.74) is 1.81. The third-order valence-corrected chi connectivity index (χ3v) is 5.70. The highest BCUT2D eigenvalue weighted by atomic mass is 16.5. The van der Waals surface area contributed by atoms with Gasteiger partial charge in [0.1, 0.15) is 17.1 Å². The van der Waals surface area contributed by atoms with E-state index in [0.29, 0.717) is 12.8 Å². The number of hydrogen-bond acceptors (Lipinski definition) is 5. The molecule has 34 heavy (non-hydrogen) atoms. The minimum absolute atomic E-state index is 0.178. The molecule has 0 saturated carbocycles. The molecule has 0 aliphatic rings. The molecule has 3 aromatic rings. The largest absolute Gasteiger partial charge is 0.497 e. The van der Waals surface area contributed by atoms with E-state index < -0.39 is 17.8 Å². The van der Waals surface area contributed by atoms with Crippen LogP contribution in [0.5, 0.6) is 11.5 Å². The lowest BCUT2D eigenvalue weighted by Crippen LogP contribution is -2.34. The summed E-state index contributed by atoms with van der Waals surface area (Å²) in [5.74, 6) is 1.48. The number of aliphatic hydroxyl groups excluding tert-OH is 1. The Labute approximate surface area is 199 Å². The summed E-state index contributed by atoms with van der Waals surface area (Å²) in [6, 6.07) is 25.4. The first-order valence-electron chi connectivity index (χ1n) is 11.1. The van der Waals surface area contributed by atoms with Crippen LogP contribution in [0.15, 0.2) is 78.9 Å². The highest BCUT2D eigenvalue weighted by molar-refractivity contribution is 5.64. The van der Waals surface area contributed by atoms with E-state index in [1.165, 1.54) is 0 Å². The van der Waals surface area contributed by atoms with Gasteiger partial charge in [-0.1, -0.05) is 54.6 Å². The standard InChI is InChI=1S/C27H31NO6/c1-32-24-12-8-21(9-13-24)27(20-6-4-3-5-7-20,22-10-14-25(33-2)15-11-22)34-19-17-23(29)16-18-28-26(30)31/h3-15,23,28-29H,16-19H2,1-2H3,(H,30,31). The SMILES string of the molecule is COc1ccc(C(OCCC(O)CCNC(=O)O)(c2ccccc2)c2ccc(OC)cc2)cc1. The highest BCUT2D eigenvalue weighted by Gasteiger charge is 2.37. The van der Waals surface area contributed by atoms with Crippen LogP contribution in [0, 0.1) is 0 Å². The molecule has 0 heterocycles. The normalized spacial score (nSPS) is 12.1. The van der Waals surface area contributed by atoms with Gasteiger partial charge in [-0.15, -0.1) is 0 Å². The summed E-state index contributed by atoms with van der Waals surface area (Å²) in [7, 11) is 3.25. The summed E-state index contributed by atoms with van der Waals surface area (Å²) in [4.78, 5) is 10.7. The molecular weight excluding hydrogens is 434 g/mol. The van der Waals surface area contributed by atoms with E-state index in [1.54, 1.807) is 14.2 Å². The van der Waals surface area contributed by atoms with Crippen molar-refractivity contribution < 1.29 is 29.2 Å². The van der Waals surface area contributed by atoms with Crippen LogP contribution in [-0.4, -0.2) is 49.8 Å². The summed E-state index contributed by atoms with van der Waals surface area (Å²) in [6.07, 6.45) is -1.15. The molecule has 3 aromatic carbocycles. The molecule has 1 amide bonds. The second-order valence-corrected chi connectivity index (χ2v) is 7.82. The summed E-state index contributed by atoms with van der Waals surface area (Å²) in [5, 5.41) is 21.4. The fraction of sp³-hybridized carbons (Fsp3) is 0.296. The molecule has 1 atom stereocenters. The van der Waals surface area contributed by atoms with Crippen LogP contribution in [0.2, 0.25) is 0 Å². The number of ether oxygens (including phenoxy) is 3. The molecule has 7 nitrogen and oxygen atoms in total. The van der Waals surface area contributed by atoms with Crippen LogP contribution in [0.25, 0.3) is 0 Å². The van der Waals surface area contributed by atoms with Crippen molar-refractivity contribution >= 4 is 6.09 Å². The van der Waals surface area contributed by atoms with E-state index >= 15 is 0 Å². The maximum atomic E-state index is 10.7. The molecular formula is C27H31NO6. The Hall–Kier alpha value is -3.55. The fourth-order valence-corrected chi connectivity index (χ4v) is 3.91. The predicted molar refractivity (Wildman–Crippen MR) is 130 cm³/mol. The molecule has 0 aliphatic heterocycles. The van der Waals surface area contributed by atoms with E-state index in [9.17, 15) is 9.90 Å². The number of methoxy groups -OCH3 is 2. The van der Waals surface area contributed by atoms with Crippen molar-refractivity contribution in [3.63, 3.8) is 0 Å². The highest BCUT2D eigenvalue weighted by Crippen LogP contribution is 2.41. The van der Waals surface area contributed by atoms with Gasteiger partial charge < -0.3 is 29.7 Å². The molecule has 3 N–H and O–H groups in total. The van der Waals surface area contributed by atoms with Gasteiger partial charge in [-0.3, -0.25) is 0 Å². The third kappa shape index (κ3) is 6.07. The lowest BCUT2D eigenvalue weighted by atomic mass is 9.80. The summed E-state index contributed by atoms with van der Waals surface area (Å²) >= 11 is 0. The monoisotopic (exact) mass is 465 g/mol. The maximum Gasteiger partial charge on any atom is 0.404 e. The number of benzene rings is 3. The molecule has 0 radical (unpaired) electrons. The summed E-state index contributed by atoms with van der Waals surface area (Å²) < 4.78 is 17.4. The average molecular weight is 466 g/mol. The first-order chi connectivity index (χ1) is 16.5. The molecule has 0 aromatic heterocycles. The Balaban J connectivity index is 1.98. The van der Waals surface area contributed by atoms with Crippen molar-refractivity contribution in [1.82, 2.24) is 5.32 Å². The Morgan fingerprint density at radius 1 is 0.824 bits per heavy atom. The zero-order valence-corrected chi connectivity index (χ0v) is 19.4. The molecule has 0 bridgehead atoms. The molecule has 7 heteroatoms. The van der Waals surface area contributed by atoms with Crippen LogP contribution in [-0.2, 0) is 10.3 Å². The number of carboxylic acid groups (broad SMARTS) is 1. The van der Waals surface area contributed by atoms with E-state index in [1.807, 2.05) is 78.9 Å². The van der Waals surface area contributed by atoms with Crippen LogP contribution < -0.4 is 14.8 Å². The van der Waals surface area contributed by atoms with Crippen LogP contribution in [0.3, 0.4) is 0 Å². The Kier molecular flexibility index (Phi) is 8.90. The Bertz CT molecular complexity index is 974. The van der Waals surface area contributed by atoms with E-state index in [-0.39, 0.29) is 13.2 Å². The minimum atomic E-state index is -1.11. The second kappa shape index (κ2) is 12.1. The Morgan fingerprint density at radius 2 is 1.32 bits per heavy atom. The van der Waals surface area contributed by atoms with Gasteiger partial charge in [0.05, 0.1) is 26.9 Å². The minimum Gasteiger partial charge on any atom is -0.497 e. The number of hydrogen-bond donors (Lipinski definition) is 3. The zero-order valence-electron chi connectivity index (χ0n) is 19.4. The van der Waals surface area contributed by atoms with Gasteiger partial charge in [-0.2, -0.15) is 0 Å². The van der Waals surface area contributed by atoms with Crippen molar-refractivity contribution in [2.75, 3.05) is 27.4 Å². The predicted octanol–water partition coefficient (Wildman–Crippen LogP) is 4.42. The first-order valence-corrected chi connectivity index (χ1v) is 11.1. The second-order valence-electron chi connectivity index (χ2n) is 7.82. The number of nitrogens with one attached hydrogen (secondary N) is 1. The van der Waals surface area contributed by atoms with Crippen molar-refractivity contribution in [1.29, 1.82) is 0 Å². The number of carbonyl (C=O) groups is 1. The molecule has 0 fully saturated rings. The molecule has 0 saturated heterocycles. The van der Waals surface area contributed by atoms with Gasteiger partial charge in [-0.05, 0) is 53.8 Å². The van der Waals surface area contributed by atoms with Gasteiger partial charge >= 0.3 is 6.09 Å². The van der Waals surface area contributed by atoms with Gasteiger partial charge in [0.15, 0.2) is 0 Å². The molecule has 180 valence electrons. The number of rotatable bonds is 12. The van der Waals surface area contributed by atoms with E-state index in [2.05, 4.69) is 5.32 Å². The van der Waals surface area contributed by atoms with Crippen molar-refractivity contribution in [2.24, 2.45) is 0 Å². The fourth-order valence-electron chi connectivity index (χ4n) is 3.91. The van der Waals surface area contributed by atoms with Gasteiger partial charge in [0, 0.05) is 6.54 Å². The molecule has 3 rings (SSSR count). The van der Waals surface area contributed by atoms with Gasteiger partial charge in [-0.25, -0.2) is 4.79 Å². The smallest absolute Gasteiger partial charge is 0.404 e. The van der Waals surface area contributed by atoms with E-state index in [4.69, 9.17) is 19.3 Å². The lowest BCUT2D eigenvalue weighted by molar-refractivity contribution is -0.00619. The van der Waals surface area contributed by atoms with Crippen LogP contribution >= 0.6 is 0 Å². The molecule has 0 aliphatic carbocycles. The third-order valence-electron chi connectivity index (χ3n) is 5.70. The maximum absolute atomic E-state index is 10.7. The first kappa shape index (κ1) is 25.1. The van der Waals surface area contributed by atoms with Crippen LogP contribution in [0.4, 0.5) is 4.79 Å². The van der Waals surface area contributed by atoms with E-state index in [0.717, 1.165) is 28.2 Å². The Morgan fingerprint density at radius 3 is 1.79 bits per heavy atom. The van der Waals surface area contributed by atoms with Gasteiger partial charge in [0.25, 0.3) is 0 Å². The number of aliphatic hydroxyl groups is 1. The van der Waals surface area contributed by atoms with Crippen molar-refractivity contribution in [3.8, 4) is 11.5 Å². The summed E-state index contributed by atoms with van der Waals surface area (Å²) in [6.45, 7) is 0.429. The average Bonchev–Trinajstić information content (AvgIpc) is 2.87. The zero-order chi connectivity index (χ0) is 24.4. The molecule has 1 unspecified atom stereocenters. The molecule has 0 spiro atoms. The number of amides is 1.